The van der Waals surface area contributed by atoms with Gasteiger partial charge in [-0.1, -0.05) is 22.4 Å². The molecule has 1 aliphatic carbocycles. The average molecular weight is 336 g/mol. The Morgan fingerprint density at radius 2 is 2.28 bits per heavy atom. The molecular weight excluding hydrogens is 318 g/mol. The third-order valence-electron chi connectivity index (χ3n) is 3.33. The van der Waals surface area contributed by atoms with Gasteiger partial charge in [0.1, 0.15) is 0 Å². The van der Waals surface area contributed by atoms with Gasteiger partial charge >= 0.3 is 0 Å². The number of hydrogen-bond acceptors (Lipinski definition) is 3. The molecule has 0 aromatic carbocycles. The van der Waals surface area contributed by atoms with Crippen molar-refractivity contribution >= 4 is 26.0 Å². The number of halogens is 1. The van der Waals surface area contributed by atoms with E-state index in [-0.39, 0.29) is 11.1 Å². The summed E-state index contributed by atoms with van der Waals surface area (Å²) in [6.07, 6.45) is 6.21. The highest BCUT2D eigenvalue weighted by Gasteiger charge is 2.35. The van der Waals surface area contributed by atoms with Crippen LogP contribution >= 0.6 is 15.9 Å². The zero-order valence-corrected chi connectivity index (χ0v) is 12.8. The average Bonchev–Trinajstić information content (AvgIpc) is 2.75. The van der Waals surface area contributed by atoms with E-state index < -0.39 is 10.0 Å². The van der Waals surface area contributed by atoms with Crippen LogP contribution in [-0.4, -0.2) is 40.2 Å². The van der Waals surface area contributed by atoms with Crippen LogP contribution < -0.4 is 0 Å². The SMILES string of the molecule is CCn1cnc(S(=O)(=O)N(CCBr)C2CCC2)c1. The fourth-order valence-electron chi connectivity index (χ4n) is 2.02. The maximum atomic E-state index is 12.5. The minimum Gasteiger partial charge on any atom is -0.336 e. The van der Waals surface area contributed by atoms with Crippen molar-refractivity contribution in [1.29, 1.82) is 0 Å². The van der Waals surface area contributed by atoms with Gasteiger partial charge in [-0.3, -0.25) is 0 Å². The summed E-state index contributed by atoms with van der Waals surface area (Å²) in [6, 6.07) is 0.152. The molecule has 1 aromatic heterocycles. The van der Waals surface area contributed by atoms with E-state index >= 15 is 0 Å². The second-order valence-corrected chi connectivity index (χ2v) is 7.06. The van der Waals surface area contributed by atoms with E-state index in [4.69, 9.17) is 0 Å². The van der Waals surface area contributed by atoms with Crippen LogP contribution in [0.3, 0.4) is 0 Å². The number of sulfonamides is 1. The van der Waals surface area contributed by atoms with E-state index in [0.29, 0.717) is 11.9 Å². The summed E-state index contributed by atoms with van der Waals surface area (Å²) in [5, 5.41) is 0.814. The lowest BCUT2D eigenvalue weighted by atomic mass is 9.93. The molecule has 1 heterocycles. The van der Waals surface area contributed by atoms with Gasteiger partial charge in [0.2, 0.25) is 0 Å². The first kappa shape index (κ1) is 14.0. The predicted molar refractivity (Wildman–Crippen MR) is 73.2 cm³/mol. The molecule has 0 atom stereocenters. The Labute approximate surface area is 116 Å². The van der Waals surface area contributed by atoms with E-state index in [2.05, 4.69) is 20.9 Å². The Balaban J connectivity index is 2.26. The molecule has 18 heavy (non-hydrogen) atoms. The van der Waals surface area contributed by atoms with Crippen molar-refractivity contribution in [1.82, 2.24) is 13.9 Å². The van der Waals surface area contributed by atoms with Crippen molar-refractivity contribution in [3.63, 3.8) is 0 Å². The van der Waals surface area contributed by atoms with Gasteiger partial charge in [-0.25, -0.2) is 13.4 Å². The molecule has 0 amide bonds. The van der Waals surface area contributed by atoms with Crippen LogP contribution in [0.1, 0.15) is 26.2 Å². The predicted octanol–water partition coefficient (Wildman–Crippen LogP) is 1.84. The van der Waals surface area contributed by atoms with E-state index in [0.717, 1.165) is 25.8 Å². The van der Waals surface area contributed by atoms with Gasteiger partial charge in [0, 0.05) is 30.7 Å². The van der Waals surface area contributed by atoms with Crippen molar-refractivity contribution in [2.24, 2.45) is 0 Å². The van der Waals surface area contributed by atoms with Gasteiger partial charge in [-0.2, -0.15) is 4.31 Å². The number of nitrogens with zero attached hydrogens (tertiary/aromatic N) is 3. The largest absolute Gasteiger partial charge is 0.336 e. The van der Waals surface area contributed by atoms with Crippen molar-refractivity contribution < 1.29 is 8.42 Å². The molecule has 0 aliphatic heterocycles. The van der Waals surface area contributed by atoms with Crippen LogP contribution in [0.2, 0.25) is 0 Å². The number of aromatic nitrogens is 2. The van der Waals surface area contributed by atoms with E-state index in [9.17, 15) is 8.42 Å². The summed E-state index contributed by atoms with van der Waals surface area (Å²) in [4.78, 5) is 4.02. The van der Waals surface area contributed by atoms with E-state index in [1.807, 2.05) is 6.92 Å². The Morgan fingerprint density at radius 1 is 1.56 bits per heavy atom. The highest BCUT2D eigenvalue weighted by molar-refractivity contribution is 9.09. The van der Waals surface area contributed by atoms with Crippen LogP contribution in [0.15, 0.2) is 17.6 Å². The monoisotopic (exact) mass is 335 g/mol. The van der Waals surface area contributed by atoms with Crippen molar-refractivity contribution in [3.8, 4) is 0 Å². The van der Waals surface area contributed by atoms with E-state index in [1.165, 1.54) is 0 Å². The zero-order valence-electron chi connectivity index (χ0n) is 10.4. The van der Waals surface area contributed by atoms with Gasteiger partial charge in [-0.05, 0) is 19.8 Å². The summed E-state index contributed by atoms with van der Waals surface area (Å²) in [5.74, 6) is 0. The lowest BCUT2D eigenvalue weighted by Gasteiger charge is -2.35. The molecular formula is C11H18BrN3O2S. The molecule has 0 saturated heterocycles. The number of imidazole rings is 1. The smallest absolute Gasteiger partial charge is 0.262 e. The molecule has 0 N–H and O–H groups in total. The molecule has 0 spiro atoms. The first-order chi connectivity index (χ1) is 8.59. The molecule has 7 heteroatoms. The second kappa shape index (κ2) is 5.71. The molecule has 0 radical (unpaired) electrons. The minimum atomic E-state index is -3.44. The molecule has 1 saturated carbocycles. The number of hydrogen-bond donors (Lipinski definition) is 0. The lowest BCUT2D eigenvalue weighted by molar-refractivity contribution is 0.227. The summed E-state index contributed by atoms with van der Waals surface area (Å²) < 4.78 is 28.4. The van der Waals surface area contributed by atoms with E-state index in [1.54, 1.807) is 21.4 Å². The summed E-state index contributed by atoms with van der Waals surface area (Å²) in [5.41, 5.74) is 0. The molecule has 0 unspecified atom stereocenters. The van der Waals surface area contributed by atoms with Crippen LogP contribution in [0, 0.1) is 0 Å². The van der Waals surface area contributed by atoms with Crippen LogP contribution in [0.4, 0.5) is 0 Å². The fourth-order valence-corrected chi connectivity index (χ4v) is 4.26. The fraction of sp³-hybridized carbons (Fsp3) is 0.727. The zero-order chi connectivity index (χ0) is 13.2. The Morgan fingerprint density at radius 3 is 2.72 bits per heavy atom. The molecule has 102 valence electrons. The first-order valence-electron chi connectivity index (χ1n) is 6.19. The van der Waals surface area contributed by atoms with Gasteiger partial charge in [-0.15, -0.1) is 0 Å². The van der Waals surface area contributed by atoms with Crippen molar-refractivity contribution in [2.45, 2.75) is 43.8 Å². The highest BCUT2D eigenvalue weighted by atomic mass is 79.9. The van der Waals surface area contributed by atoms with Crippen LogP contribution in [0.25, 0.3) is 0 Å². The highest BCUT2D eigenvalue weighted by Crippen LogP contribution is 2.29. The molecule has 1 aromatic rings. The van der Waals surface area contributed by atoms with Gasteiger partial charge < -0.3 is 4.57 Å². The molecule has 5 nitrogen and oxygen atoms in total. The third kappa shape index (κ3) is 2.62. The maximum absolute atomic E-state index is 12.5. The number of rotatable bonds is 6. The van der Waals surface area contributed by atoms with Crippen molar-refractivity contribution in [2.75, 3.05) is 11.9 Å². The normalized spacial score (nSPS) is 17.1. The van der Waals surface area contributed by atoms with Gasteiger partial charge in [0.25, 0.3) is 10.0 Å². The van der Waals surface area contributed by atoms with Crippen LogP contribution in [-0.2, 0) is 16.6 Å². The van der Waals surface area contributed by atoms with Gasteiger partial charge in [0.15, 0.2) is 5.03 Å². The Kier molecular flexibility index (Phi) is 4.45. The van der Waals surface area contributed by atoms with Crippen molar-refractivity contribution in [3.05, 3.63) is 12.5 Å². The number of alkyl halides is 1. The van der Waals surface area contributed by atoms with Crippen LogP contribution in [0.5, 0.6) is 0 Å². The molecule has 1 fully saturated rings. The second-order valence-electron chi connectivity index (χ2n) is 4.43. The van der Waals surface area contributed by atoms with Gasteiger partial charge in [0.05, 0.1) is 6.33 Å². The maximum Gasteiger partial charge on any atom is 0.262 e. The Hall–Kier alpha value is -0.400. The summed E-state index contributed by atoms with van der Waals surface area (Å²) in [7, 11) is -3.44. The summed E-state index contributed by atoms with van der Waals surface area (Å²) >= 11 is 3.32. The topological polar surface area (TPSA) is 55.2 Å². The molecule has 1 aliphatic rings. The lowest BCUT2D eigenvalue weighted by Crippen LogP contribution is -2.45. The minimum absolute atomic E-state index is 0.152. The standard InChI is InChI=1S/C11H18BrN3O2S/c1-2-14-8-11(13-9-14)18(16,17)15(7-6-12)10-4-3-5-10/h8-10H,2-7H2,1H3. The molecule has 2 rings (SSSR count). The first-order valence-corrected chi connectivity index (χ1v) is 8.75. The molecule has 0 bridgehead atoms. The third-order valence-corrected chi connectivity index (χ3v) is 5.53. The quantitative estimate of drug-likeness (QED) is 0.745. The summed E-state index contributed by atoms with van der Waals surface area (Å²) in [6.45, 7) is 3.19. The Bertz CT molecular complexity index is 496. The number of aryl methyl sites for hydroxylation is 1.